The van der Waals surface area contributed by atoms with Gasteiger partial charge in [-0.25, -0.2) is 18.4 Å². The molecule has 0 spiro atoms. The lowest BCUT2D eigenvalue weighted by molar-refractivity contribution is -0.156. The largest absolute Gasteiger partial charge is 0.480 e. The number of ether oxygens (including phenoxy) is 1. The minimum absolute atomic E-state index is 0.0864. The van der Waals surface area contributed by atoms with Crippen LogP contribution < -0.4 is 5.32 Å². The second-order valence-corrected chi connectivity index (χ2v) is 9.66. The van der Waals surface area contributed by atoms with E-state index in [0.29, 0.717) is 19.3 Å². The molecule has 0 radical (unpaired) electrons. The zero-order valence-electron chi connectivity index (χ0n) is 19.0. The Morgan fingerprint density at radius 2 is 1.63 bits per heavy atom. The summed E-state index contributed by atoms with van der Waals surface area (Å²) in [6, 6.07) is 14.3. The van der Waals surface area contributed by atoms with Gasteiger partial charge in [-0.2, -0.15) is 0 Å². The van der Waals surface area contributed by atoms with Gasteiger partial charge in [-0.15, -0.1) is 0 Å². The van der Waals surface area contributed by atoms with E-state index in [1.807, 2.05) is 48.5 Å². The number of carboxylic acids is 1. The van der Waals surface area contributed by atoms with Crippen molar-refractivity contribution in [2.45, 2.75) is 43.6 Å². The van der Waals surface area contributed by atoms with E-state index in [1.165, 1.54) is 0 Å². The van der Waals surface area contributed by atoms with Crippen LogP contribution in [-0.4, -0.2) is 59.6 Å². The van der Waals surface area contributed by atoms with E-state index in [4.69, 9.17) is 4.74 Å². The SMILES string of the molecule is O=C(NCC1(C(=O)N2CC(F)(F)C[C@@H]2C(=O)O)CCC1)OCC1c2ccccc2-c2ccccc21. The number of hydrogen-bond donors (Lipinski definition) is 2. The summed E-state index contributed by atoms with van der Waals surface area (Å²) in [7, 11) is 0. The number of benzene rings is 2. The number of carbonyl (C=O) groups is 3. The van der Waals surface area contributed by atoms with E-state index in [0.717, 1.165) is 27.2 Å². The highest BCUT2D eigenvalue weighted by atomic mass is 19.3. The maximum atomic E-state index is 13.9. The molecule has 1 saturated carbocycles. The molecular weight excluding hydrogens is 458 g/mol. The normalized spacial score (nSPS) is 21.5. The fourth-order valence-corrected chi connectivity index (χ4v) is 5.52. The van der Waals surface area contributed by atoms with Crippen molar-refractivity contribution in [3.8, 4) is 11.1 Å². The number of nitrogens with one attached hydrogen (secondary N) is 1. The number of halogens is 2. The highest BCUT2D eigenvalue weighted by Gasteiger charge is 2.56. The van der Waals surface area contributed by atoms with Crippen molar-refractivity contribution in [3.05, 3.63) is 59.7 Å². The predicted molar refractivity (Wildman–Crippen MR) is 122 cm³/mol. The quantitative estimate of drug-likeness (QED) is 0.646. The average molecular weight is 484 g/mol. The molecule has 2 aromatic rings. The van der Waals surface area contributed by atoms with Gasteiger partial charge in [-0.05, 0) is 35.1 Å². The van der Waals surface area contributed by atoms with Crippen LogP contribution in [0.2, 0.25) is 0 Å². The van der Waals surface area contributed by atoms with Crippen molar-refractivity contribution in [2.24, 2.45) is 5.41 Å². The summed E-state index contributed by atoms with van der Waals surface area (Å²) >= 11 is 0. The van der Waals surface area contributed by atoms with Crippen LogP contribution in [0.1, 0.15) is 42.7 Å². The van der Waals surface area contributed by atoms with E-state index in [9.17, 15) is 28.3 Å². The number of fused-ring (bicyclic) bond motifs is 3. The summed E-state index contributed by atoms with van der Waals surface area (Å²) < 4.78 is 33.3. The monoisotopic (exact) mass is 484 g/mol. The van der Waals surface area contributed by atoms with E-state index < -0.39 is 48.3 Å². The first-order valence-electron chi connectivity index (χ1n) is 11.7. The first-order chi connectivity index (χ1) is 16.7. The molecule has 1 saturated heterocycles. The Bertz CT molecular complexity index is 1130. The maximum absolute atomic E-state index is 13.9. The number of hydrogen-bond acceptors (Lipinski definition) is 4. The van der Waals surface area contributed by atoms with Gasteiger partial charge in [-0.1, -0.05) is 55.0 Å². The van der Waals surface area contributed by atoms with Gasteiger partial charge in [-0.3, -0.25) is 4.79 Å². The highest BCUT2D eigenvalue weighted by molar-refractivity contribution is 5.89. The molecule has 0 unspecified atom stereocenters. The van der Waals surface area contributed by atoms with Crippen LogP contribution in [0.4, 0.5) is 13.6 Å². The van der Waals surface area contributed by atoms with Gasteiger partial charge in [0.25, 0.3) is 5.92 Å². The highest BCUT2D eigenvalue weighted by Crippen LogP contribution is 2.46. The van der Waals surface area contributed by atoms with Gasteiger partial charge in [0, 0.05) is 18.9 Å². The molecule has 2 aromatic carbocycles. The molecule has 1 aliphatic heterocycles. The fraction of sp³-hybridized carbons (Fsp3) is 0.423. The fourth-order valence-electron chi connectivity index (χ4n) is 5.52. The van der Waals surface area contributed by atoms with Crippen molar-refractivity contribution in [3.63, 3.8) is 0 Å². The molecule has 0 aromatic heterocycles. The Morgan fingerprint density at radius 3 is 2.17 bits per heavy atom. The van der Waals surface area contributed by atoms with Gasteiger partial charge < -0.3 is 20.1 Å². The number of amides is 2. The van der Waals surface area contributed by atoms with Crippen LogP contribution in [0.5, 0.6) is 0 Å². The lowest BCUT2D eigenvalue weighted by Crippen LogP contribution is -2.56. The summed E-state index contributed by atoms with van der Waals surface area (Å²) in [6.07, 6.45) is -0.120. The number of alkyl halides is 2. The van der Waals surface area contributed by atoms with Gasteiger partial charge in [0.15, 0.2) is 0 Å². The lowest BCUT2D eigenvalue weighted by atomic mass is 9.67. The Balaban J connectivity index is 1.23. The smallest absolute Gasteiger partial charge is 0.407 e. The van der Waals surface area contributed by atoms with Crippen LogP contribution in [-0.2, 0) is 14.3 Å². The van der Waals surface area contributed by atoms with Gasteiger partial charge >= 0.3 is 12.1 Å². The third-order valence-electron chi connectivity index (χ3n) is 7.49. The molecule has 0 bridgehead atoms. The van der Waals surface area contributed by atoms with E-state index in [1.54, 1.807) is 0 Å². The molecule has 2 fully saturated rings. The first-order valence-corrected chi connectivity index (χ1v) is 11.7. The number of rotatable bonds is 6. The first kappa shape index (κ1) is 23.3. The molecule has 2 N–H and O–H groups in total. The minimum atomic E-state index is -3.25. The maximum Gasteiger partial charge on any atom is 0.407 e. The number of carbonyl (C=O) groups excluding carboxylic acids is 2. The predicted octanol–water partition coefficient (Wildman–Crippen LogP) is 4.02. The van der Waals surface area contributed by atoms with Crippen LogP contribution in [0.25, 0.3) is 11.1 Å². The third kappa shape index (κ3) is 4.13. The second kappa shape index (κ2) is 8.62. The van der Waals surface area contributed by atoms with Crippen molar-refractivity contribution in [1.82, 2.24) is 10.2 Å². The number of aliphatic carboxylic acids is 1. The zero-order valence-corrected chi connectivity index (χ0v) is 19.0. The Hall–Kier alpha value is -3.49. The van der Waals surface area contributed by atoms with Crippen LogP contribution in [0.3, 0.4) is 0 Å². The molecule has 2 amide bonds. The van der Waals surface area contributed by atoms with Gasteiger partial charge in [0.1, 0.15) is 12.6 Å². The van der Waals surface area contributed by atoms with Gasteiger partial charge in [0.05, 0.1) is 12.0 Å². The summed E-state index contributed by atoms with van der Waals surface area (Å²) in [5.41, 5.74) is 3.27. The van der Waals surface area contributed by atoms with Crippen LogP contribution in [0.15, 0.2) is 48.5 Å². The van der Waals surface area contributed by atoms with Gasteiger partial charge in [0.2, 0.25) is 5.91 Å². The zero-order chi connectivity index (χ0) is 24.8. The molecule has 2 aliphatic carbocycles. The van der Waals surface area contributed by atoms with Crippen molar-refractivity contribution in [2.75, 3.05) is 19.7 Å². The summed E-state index contributed by atoms with van der Waals surface area (Å²) in [5, 5.41) is 12.0. The van der Waals surface area contributed by atoms with E-state index >= 15 is 0 Å². The molecule has 35 heavy (non-hydrogen) atoms. The summed E-state index contributed by atoms with van der Waals surface area (Å²) in [4.78, 5) is 37.9. The Morgan fingerprint density at radius 1 is 1.03 bits per heavy atom. The number of likely N-dealkylation sites (tertiary alicyclic amines) is 1. The van der Waals surface area contributed by atoms with Crippen molar-refractivity contribution >= 4 is 18.0 Å². The molecule has 7 nitrogen and oxygen atoms in total. The Kier molecular flexibility index (Phi) is 5.73. The third-order valence-corrected chi connectivity index (χ3v) is 7.49. The van der Waals surface area contributed by atoms with E-state index in [2.05, 4.69) is 5.32 Å². The summed E-state index contributed by atoms with van der Waals surface area (Å²) in [5.74, 6) is -5.46. The Labute approximate surface area is 201 Å². The van der Waals surface area contributed by atoms with E-state index in [-0.39, 0.29) is 19.1 Å². The molecule has 1 atom stereocenters. The molecule has 9 heteroatoms. The number of nitrogens with zero attached hydrogens (tertiary/aromatic N) is 1. The van der Waals surface area contributed by atoms with Crippen LogP contribution >= 0.6 is 0 Å². The standard InChI is InChI=1S/C26H26F2N2O5/c27-26(28)12-21(22(31)32)30(15-26)23(33)25(10-5-11-25)14-29-24(34)35-13-20-18-8-3-1-6-16(18)17-7-2-4-9-19(17)20/h1-4,6-9,20-21H,5,10-15H2,(H,29,34)(H,31,32)/t21-/m1/s1. The molecule has 5 rings (SSSR count). The number of carboxylic acid groups (broad SMARTS) is 1. The van der Waals surface area contributed by atoms with Crippen molar-refractivity contribution in [1.29, 1.82) is 0 Å². The topological polar surface area (TPSA) is 95.9 Å². The average Bonchev–Trinajstić information content (AvgIpc) is 3.31. The molecular formula is C26H26F2N2O5. The van der Waals surface area contributed by atoms with Crippen molar-refractivity contribution < 1.29 is 33.0 Å². The summed E-state index contributed by atoms with van der Waals surface area (Å²) in [6.45, 7) is -0.896. The lowest BCUT2D eigenvalue weighted by Gasteiger charge is -2.43. The molecule has 1 heterocycles. The minimum Gasteiger partial charge on any atom is -0.480 e. The van der Waals surface area contributed by atoms with Crippen LogP contribution in [0, 0.1) is 5.41 Å². The molecule has 3 aliphatic rings. The number of alkyl carbamates (subject to hydrolysis) is 1. The molecule has 184 valence electrons. The second-order valence-electron chi connectivity index (χ2n) is 9.66.